The summed E-state index contributed by atoms with van der Waals surface area (Å²) in [6.45, 7) is 3.65. The maximum atomic E-state index is 11.5. The normalized spacial score (nSPS) is 13.7. The minimum absolute atomic E-state index is 0.361. The van der Waals surface area contributed by atoms with Crippen LogP contribution in [0.2, 0.25) is 0 Å². The van der Waals surface area contributed by atoms with Crippen LogP contribution >= 0.6 is 27.3 Å². The van der Waals surface area contributed by atoms with Crippen molar-refractivity contribution in [3.8, 4) is 0 Å². The first-order chi connectivity index (χ1) is 8.40. The molecule has 5 nitrogen and oxygen atoms in total. The third kappa shape index (κ3) is 4.66. The molecule has 0 saturated heterocycles. The summed E-state index contributed by atoms with van der Waals surface area (Å²) < 4.78 is 0.984. The summed E-state index contributed by atoms with van der Waals surface area (Å²) in [7, 11) is 0. The first kappa shape index (κ1) is 15.0. The lowest BCUT2D eigenvalue weighted by Gasteiger charge is -2.17. The number of halogens is 1. The van der Waals surface area contributed by atoms with E-state index in [1.807, 2.05) is 11.4 Å². The molecule has 7 heteroatoms. The van der Waals surface area contributed by atoms with E-state index in [4.69, 9.17) is 5.11 Å². The molecule has 0 aliphatic rings. The molecule has 0 aromatic carbocycles. The number of amides is 2. The summed E-state index contributed by atoms with van der Waals surface area (Å²) in [5.74, 6) is -1.54. The predicted octanol–water partition coefficient (Wildman–Crippen LogP) is 2.42. The van der Waals surface area contributed by atoms with Crippen molar-refractivity contribution in [2.75, 3.05) is 0 Å². The van der Waals surface area contributed by atoms with E-state index in [1.54, 1.807) is 13.8 Å². The van der Waals surface area contributed by atoms with Gasteiger partial charge in [-0.2, -0.15) is 0 Å². The van der Waals surface area contributed by atoms with Crippen LogP contribution in [0, 0.1) is 5.92 Å². The third-order valence-electron chi connectivity index (χ3n) is 2.54. The van der Waals surface area contributed by atoms with Crippen LogP contribution in [-0.2, 0) is 11.3 Å². The highest BCUT2D eigenvalue weighted by Crippen LogP contribution is 2.19. The molecule has 100 valence electrons. The van der Waals surface area contributed by atoms with Crippen LogP contribution in [0.3, 0.4) is 0 Å². The zero-order valence-corrected chi connectivity index (χ0v) is 12.5. The van der Waals surface area contributed by atoms with Gasteiger partial charge in [0.2, 0.25) is 0 Å². The number of carbonyl (C=O) groups excluding carboxylic acids is 1. The molecule has 1 heterocycles. The predicted molar refractivity (Wildman–Crippen MR) is 73.7 cm³/mol. The zero-order chi connectivity index (χ0) is 13.7. The summed E-state index contributed by atoms with van der Waals surface area (Å²) >= 11 is 4.87. The van der Waals surface area contributed by atoms with E-state index in [-0.39, 0.29) is 6.03 Å². The van der Waals surface area contributed by atoms with E-state index >= 15 is 0 Å². The number of nitrogens with one attached hydrogen (secondary N) is 2. The molecule has 0 bridgehead atoms. The van der Waals surface area contributed by atoms with Gasteiger partial charge in [0.25, 0.3) is 0 Å². The second-order valence-corrected chi connectivity index (χ2v) is 5.89. The van der Waals surface area contributed by atoms with E-state index in [2.05, 4.69) is 26.6 Å². The van der Waals surface area contributed by atoms with Gasteiger partial charge in [0, 0.05) is 20.8 Å². The minimum Gasteiger partial charge on any atom is -0.481 e. The molecule has 0 spiro atoms. The van der Waals surface area contributed by atoms with Crippen LogP contribution < -0.4 is 10.6 Å². The summed E-state index contributed by atoms with van der Waals surface area (Å²) in [4.78, 5) is 23.3. The van der Waals surface area contributed by atoms with Crippen LogP contribution in [0.1, 0.15) is 18.7 Å². The quantitative estimate of drug-likeness (QED) is 0.773. The molecule has 2 unspecified atom stereocenters. The first-order valence-electron chi connectivity index (χ1n) is 5.40. The number of carboxylic acid groups (broad SMARTS) is 1. The van der Waals surface area contributed by atoms with Gasteiger partial charge in [-0.15, -0.1) is 11.3 Å². The molecular weight excluding hydrogens is 320 g/mol. The fraction of sp³-hybridized carbons (Fsp3) is 0.455. The van der Waals surface area contributed by atoms with Crippen molar-refractivity contribution in [1.82, 2.24) is 10.6 Å². The lowest BCUT2D eigenvalue weighted by atomic mass is 10.0. The number of carbonyl (C=O) groups is 2. The summed E-state index contributed by atoms with van der Waals surface area (Å²) in [6.07, 6.45) is 0. The Kier molecular flexibility index (Phi) is 5.61. The topological polar surface area (TPSA) is 78.4 Å². The van der Waals surface area contributed by atoms with Crippen molar-refractivity contribution in [1.29, 1.82) is 0 Å². The molecule has 3 N–H and O–H groups in total. The Morgan fingerprint density at radius 3 is 2.67 bits per heavy atom. The molecule has 1 rings (SSSR count). The van der Waals surface area contributed by atoms with Crippen molar-refractivity contribution >= 4 is 39.3 Å². The van der Waals surface area contributed by atoms with Gasteiger partial charge < -0.3 is 15.7 Å². The van der Waals surface area contributed by atoms with E-state index < -0.39 is 17.9 Å². The first-order valence-corrected chi connectivity index (χ1v) is 7.07. The van der Waals surface area contributed by atoms with Gasteiger partial charge >= 0.3 is 12.0 Å². The number of thiophene rings is 1. The van der Waals surface area contributed by atoms with E-state index in [0.29, 0.717) is 6.54 Å². The van der Waals surface area contributed by atoms with Crippen LogP contribution in [-0.4, -0.2) is 23.1 Å². The van der Waals surface area contributed by atoms with E-state index in [1.165, 1.54) is 11.3 Å². The molecule has 1 aromatic heterocycles. The Morgan fingerprint density at radius 2 is 2.17 bits per heavy atom. The van der Waals surface area contributed by atoms with E-state index in [0.717, 1.165) is 9.35 Å². The highest BCUT2D eigenvalue weighted by Gasteiger charge is 2.20. The fourth-order valence-corrected chi connectivity index (χ4v) is 2.60. The maximum Gasteiger partial charge on any atom is 0.315 e. The zero-order valence-electron chi connectivity index (χ0n) is 10.1. The molecule has 18 heavy (non-hydrogen) atoms. The van der Waals surface area contributed by atoms with Crippen molar-refractivity contribution in [2.45, 2.75) is 26.4 Å². The van der Waals surface area contributed by atoms with E-state index in [9.17, 15) is 9.59 Å². The average Bonchev–Trinajstić information content (AvgIpc) is 2.71. The number of aliphatic carboxylic acids is 1. The number of carboxylic acids is 1. The minimum atomic E-state index is -0.926. The highest BCUT2D eigenvalue weighted by molar-refractivity contribution is 9.10. The Balaban J connectivity index is 2.35. The fourth-order valence-electron chi connectivity index (χ4n) is 1.21. The van der Waals surface area contributed by atoms with Crippen LogP contribution in [0.25, 0.3) is 0 Å². The highest BCUT2D eigenvalue weighted by atomic mass is 79.9. The standard InChI is InChI=1S/C11H15BrN2O3S/c1-6(10(15)16)7(2)14-11(17)13-4-9-3-8(12)5-18-9/h3,5-7H,4H2,1-2H3,(H,15,16)(H2,13,14,17). The summed E-state index contributed by atoms with van der Waals surface area (Å²) in [5, 5.41) is 16.0. The van der Waals surface area contributed by atoms with Crippen LogP contribution in [0.4, 0.5) is 4.79 Å². The Bertz CT molecular complexity index is 436. The van der Waals surface area contributed by atoms with Gasteiger partial charge in [0.1, 0.15) is 0 Å². The monoisotopic (exact) mass is 334 g/mol. The smallest absolute Gasteiger partial charge is 0.315 e. The third-order valence-corrected chi connectivity index (χ3v) is 4.24. The molecule has 0 aliphatic heterocycles. The second kappa shape index (κ2) is 6.75. The molecule has 0 saturated carbocycles. The molecular formula is C11H15BrN2O3S. The molecule has 0 radical (unpaired) electrons. The lowest BCUT2D eigenvalue weighted by molar-refractivity contribution is -0.141. The number of hydrogen-bond donors (Lipinski definition) is 3. The van der Waals surface area contributed by atoms with Crippen LogP contribution in [0.15, 0.2) is 15.9 Å². The van der Waals surface area contributed by atoms with Crippen molar-refractivity contribution < 1.29 is 14.7 Å². The van der Waals surface area contributed by atoms with Crippen LogP contribution in [0.5, 0.6) is 0 Å². The van der Waals surface area contributed by atoms with Crippen molar-refractivity contribution in [3.05, 3.63) is 20.8 Å². The van der Waals surface area contributed by atoms with Crippen molar-refractivity contribution in [3.63, 3.8) is 0 Å². The van der Waals surface area contributed by atoms with Gasteiger partial charge in [-0.1, -0.05) is 0 Å². The molecule has 0 aliphatic carbocycles. The van der Waals surface area contributed by atoms with Gasteiger partial charge in [-0.25, -0.2) is 4.79 Å². The Labute approximate surface area is 118 Å². The molecule has 2 atom stereocenters. The SMILES string of the molecule is CC(NC(=O)NCc1cc(Br)cs1)C(C)C(=O)O. The number of urea groups is 1. The number of hydrogen-bond acceptors (Lipinski definition) is 3. The lowest BCUT2D eigenvalue weighted by Crippen LogP contribution is -2.44. The van der Waals surface area contributed by atoms with Gasteiger partial charge in [0.05, 0.1) is 12.5 Å². The largest absolute Gasteiger partial charge is 0.481 e. The number of rotatable bonds is 5. The molecule has 0 fully saturated rings. The Hall–Kier alpha value is -1.08. The van der Waals surface area contributed by atoms with Gasteiger partial charge in [0.15, 0.2) is 0 Å². The maximum absolute atomic E-state index is 11.5. The summed E-state index contributed by atoms with van der Waals surface area (Å²) in [6, 6.07) is 1.14. The molecule has 2 amide bonds. The molecule has 1 aromatic rings. The average molecular weight is 335 g/mol. The Morgan fingerprint density at radius 1 is 1.50 bits per heavy atom. The second-order valence-electron chi connectivity index (χ2n) is 3.97. The van der Waals surface area contributed by atoms with Gasteiger partial charge in [-0.3, -0.25) is 4.79 Å². The van der Waals surface area contributed by atoms with Gasteiger partial charge in [-0.05, 0) is 35.8 Å². The van der Waals surface area contributed by atoms with Crippen molar-refractivity contribution in [2.24, 2.45) is 5.92 Å². The summed E-state index contributed by atoms with van der Waals surface area (Å²) in [5.41, 5.74) is 0.